The summed E-state index contributed by atoms with van der Waals surface area (Å²) in [5.74, 6) is -1.38. The lowest BCUT2D eigenvalue weighted by Crippen LogP contribution is -2.38. The fourth-order valence-electron chi connectivity index (χ4n) is 4.13. The van der Waals surface area contributed by atoms with Crippen LogP contribution in [-0.4, -0.2) is 65.9 Å². The van der Waals surface area contributed by atoms with Crippen molar-refractivity contribution >= 4 is 39.3 Å². The third-order valence-electron chi connectivity index (χ3n) is 5.95. The molecule has 1 atom stereocenters. The van der Waals surface area contributed by atoms with E-state index in [1.807, 2.05) is 13.8 Å². The van der Waals surface area contributed by atoms with Crippen molar-refractivity contribution in [3.8, 4) is 11.5 Å². The van der Waals surface area contributed by atoms with Crippen LogP contribution in [0.25, 0.3) is 5.76 Å². The Morgan fingerprint density at radius 3 is 2.46 bits per heavy atom. The Hall–Kier alpha value is -3.17. The Bertz CT molecular complexity index is 1160. The van der Waals surface area contributed by atoms with E-state index in [1.54, 1.807) is 42.5 Å². The number of hydrogen-bond donors (Lipinski definition) is 1. The molecular weight excluding hydrogens is 516 g/mol. The SMILES string of the molecule is CCN(CC)CCN1C(=O)C(=O)/C(=C(/O)c2ccc(OC)c(Br)c2)C1c1cccc(OC(C)=O)c1. The predicted molar refractivity (Wildman–Crippen MR) is 135 cm³/mol. The van der Waals surface area contributed by atoms with Gasteiger partial charge in [0.05, 0.1) is 23.2 Å². The average molecular weight is 545 g/mol. The van der Waals surface area contributed by atoms with Gasteiger partial charge in [0.1, 0.15) is 17.3 Å². The largest absolute Gasteiger partial charge is 0.507 e. The summed E-state index contributed by atoms with van der Waals surface area (Å²) in [5, 5.41) is 11.3. The van der Waals surface area contributed by atoms with E-state index in [-0.39, 0.29) is 23.6 Å². The van der Waals surface area contributed by atoms with E-state index in [0.717, 1.165) is 13.1 Å². The first-order valence-electron chi connectivity index (χ1n) is 11.3. The summed E-state index contributed by atoms with van der Waals surface area (Å²) in [6.07, 6.45) is 0. The number of nitrogens with zero attached hydrogens (tertiary/aromatic N) is 2. The zero-order valence-corrected chi connectivity index (χ0v) is 21.8. The first-order valence-corrected chi connectivity index (χ1v) is 12.1. The molecule has 1 aliphatic heterocycles. The topological polar surface area (TPSA) is 96.4 Å². The molecule has 2 aromatic rings. The number of carbonyl (C=O) groups excluding carboxylic acids is 3. The molecule has 0 aromatic heterocycles. The fourth-order valence-corrected chi connectivity index (χ4v) is 4.67. The van der Waals surface area contributed by atoms with Gasteiger partial charge in [-0.2, -0.15) is 0 Å². The van der Waals surface area contributed by atoms with Crippen molar-refractivity contribution in [2.45, 2.75) is 26.8 Å². The molecule has 9 heteroatoms. The van der Waals surface area contributed by atoms with Crippen LogP contribution in [0.1, 0.15) is 37.9 Å². The van der Waals surface area contributed by atoms with E-state index < -0.39 is 23.7 Å². The summed E-state index contributed by atoms with van der Waals surface area (Å²) >= 11 is 3.40. The van der Waals surface area contributed by atoms with Crippen molar-refractivity contribution in [2.75, 3.05) is 33.3 Å². The number of aliphatic hydroxyl groups is 1. The van der Waals surface area contributed by atoms with Gasteiger partial charge in [-0.3, -0.25) is 14.4 Å². The Balaban J connectivity index is 2.14. The molecule has 1 amide bonds. The van der Waals surface area contributed by atoms with Crippen LogP contribution in [-0.2, 0) is 14.4 Å². The molecule has 1 heterocycles. The van der Waals surface area contributed by atoms with E-state index >= 15 is 0 Å². The number of methoxy groups -OCH3 is 1. The normalized spacial score (nSPS) is 17.2. The highest BCUT2D eigenvalue weighted by molar-refractivity contribution is 9.10. The number of ether oxygens (including phenoxy) is 2. The number of ketones is 1. The first kappa shape index (κ1) is 26.4. The van der Waals surface area contributed by atoms with Crippen molar-refractivity contribution in [1.29, 1.82) is 0 Å². The fraction of sp³-hybridized carbons (Fsp3) is 0.346. The lowest BCUT2D eigenvalue weighted by Gasteiger charge is -2.28. The summed E-state index contributed by atoms with van der Waals surface area (Å²) in [5.41, 5.74) is 0.892. The van der Waals surface area contributed by atoms with Gasteiger partial charge in [-0.15, -0.1) is 0 Å². The molecule has 1 N–H and O–H groups in total. The maximum absolute atomic E-state index is 13.2. The molecule has 1 fully saturated rings. The summed E-state index contributed by atoms with van der Waals surface area (Å²) < 4.78 is 11.1. The lowest BCUT2D eigenvalue weighted by atomic mass is 9.95. The second-order valence-electron chi connectivity index (χ2n) is 8.03. The van der Waals surface area contributed by atoms with Gasteiger partial charge < -0.3 is 24.4 Å². The van der Waals surface area contributed by atoms with E-state index in [4.69, 9.17) is 9.47 Å². The highest BCUT2D eigenvalue weighted by atomic mass is 79.9. The van der Waals surface area contributed by atoms with Gasteiger partial charge in [0, 0.05) is 25.6 Å². The Morgan fingerprint density at radius 1 is 1.14 bits per heavy atom. The monoisotopic (exact) mass is 544 g/mol. The molecule has 1 aliphatic rings. The molecule has 1 saturated heterocycles. The maximum Gasteiger partial charge on any atom is 0.308 e. The number of rotatable bonds is 9. The molecule has 1 unspecified atom stereocenters. The first-order chi connectivity index (χ1) is 16.7. The smallest absolute Gasteiger partial charge is 0.308 e. The molecule has 0 bridgehead atoms. The van der Waals surface area contributed by atoms with Gasteiger partial charge in [-0.05, 0) is 64.9 Å². The Kier molecular flexibility index (Phi) is 8.69. The summed E-state index contributed by atoms with van der Waals surface area (Å²) in [6.45, 7) is 7.80. The van der Waals surface area contributed by atoms with Crippen LogP contribution in [0.2, 0.25) is 0 Å². The van der Waals surface area contributed by atoms with Crippen LogP contribution in [0.5, 0.6) is 11.5 Å². The molecule has 0 spiro atoms. The number of likely N-dealkylation sites (N-methyl/N-ethyl adjacent to an activating group) is 1. The van der Waals surface area contributed by atoms with Gasteiger partial charge in [0.25, 0.3) is 11.7 Å². The summed E-state index contributed by atoms with van der Waals surface area (Å²) in [6, 6.07) is 10.7. The van der Waals surface area contributed by atoms with Gasteiger partial charge in [-0.1, -0.05) is 26.0 Å². The standard InChI is InChI=1S/C26H29BrN2O6/c1-5-28(6-2)12-13-29-23(17-8-7-9-19(14-17)35-16(3)30)22(25(32)26(29)33)24(31)18-10-11-21(34-4)20(27)15-18/h7-11,14-15,23,31H,5-6,12-13H2,1-4H3/b24-22+. The molecule has 0 radical (unpaired) electrons. The molecular formula is C26H29BrN2O6. The van der Waals surface area contributed by atoms with Gasteiger partial charge in [0.2, 0.25) is 0 Å². The zero-order valence-electron chi connectivity index (χ0n) is 20.2. The van der Waals surface area contributed by atoms with E-state index in [1.165, 1.54) is 18.9 Å². The molecule has 0 saturated carbocycles. The molecule has 35 heavy (non-hydrogen) atoms. The highest BCUT2D eigenvalue weighted by Crippen LogP contribution is 2.41. The minimum absolute atomic E-state index is 0.0217. The van der Waals surface area contributed by atoms with Crippen LogP contribution in [0, 0.1) is 0 Å². The number of aliphatic hydroxyl groups excluding tert-OH is 1. The second-order valence-corrected chi connectivity index (χ2v) is 8.89. The number of Topliss-reactive ketones (excluding diaryl/α,β-unsaturated/α-hetero) is 1. The number of carbonyl (C=O) groups is 3. The molecule has 0 aliphatic carbocycles. The van der Waals surface area contributed by atoms with Crippen molar-refractivity contribution in [3.63, 3.8) is 0 Å². The van der Waals surface area contributed by atoms with Crippen LogP contribution < -0.4 is 9.47 Å². The number of halogens is 1. The molecule has 186 valence electrons. The third kappa shape index (κ3) is 5.74. The summed E-state index contributed by atoms with van der Waals surface area (Å²) in [4.78, 5) is 41.5. The van der Waals surface area contributed by atoms with Gasteiger partial charge in [0.15, 0.2) is 0 Å². The number of hydrogen-bond acceptors (Lipinski definition) is 7. The van der Waals surface area contributed by atoms with E-state index in [0.29, 0.717) is 27.9 Å². The molecule has 2 aromatic carbocycles. The van der Waals surface area contributed by atoms with E-state index in [9.17, 15) is 19.5 Å². The average Bonchev–Trinajstić information content (AvgIpc) is 3.09. The lowest BCUT2D eigenvalue weighted by molar-refractivity contribution is -0.140. The Morgan fingerprint density at radius 2 is 1.86 bits per heavy atom. The second kappa shape index (κ2) is 11.5. The number of likely N-dealkylation sites (tertiary alicyclic amines) is 1. The van der Waals surface area contributed by atoms with Crippen LogP contribution in [0.3, 0.4) is 0 Å². The molecule has 8 nitrogen and oxygen atoms in total. The highest BCUT2D eigenvalue weighted by Gasteiger charge is 2.46. The van der Waals surface area contributed by atoms with Crippen molar-refractivity contribution in [2.24, 2.45) is 0 Å². The molecule has 3 rings (SSSR count). The predicted octanol–water partition coefficient (Wildman–Crippen LogP) is 4.15. The number of amides is 1. The van der Waals surface area contributed by atoms with Crippen LogP contribution in [0.4, 0.5) is 0 Å². The quantitative estimate of drug-likeness (QED) is 0.166. The third-order valence-corrected chi connectivity index (χ3v) is 6.57. The number of esters is 1. The van der Waals surface area contributed by atoms with Crippen molar-refractivity contribution < 1.29 is 29.0 Å². The zero-order chi connectivity index (χ0) is 25.7. The maximum atomic E-state index is 13.2. The minimum Gasteiger partial charge on any atom is -0.507 e. The summed E-state index contributed by atoms with van der Waals surface area (Å²) in [7, 11) is 1.52. The minimum atomic E-state index is -0.845. The van der Waals surface area contributed by atoms with Crippen LogP contribution >= 0.6 is 15.9 Å². The van der Waals surface area contributed by atoms with Gasteiger partial charge >= 0.3 is 5.97 Å². The van der Waals surface area contributed by atoms with E-state index in [2.05, 4.69) is 20.8 Å². The van der Waals surface area contributed by atoms with Crippen molar-refractivity contribution in [1.82, 2.24) is 9.80 Å². The van der Waals surface area contributed by atoms with Crippen molar-refractivity contribution in [3.05, 3.63) is 63.6 Å². The number of benzene rings is 2. The van der Waals surface area contributed by atoms with Gasteiger partial charge in [-0.25, -0.2) is 0 Å². The van der Waals surface area contributed by atoms with Crippen LogP contribution in [0.15, 0.2) is 52.5 Å². The Labute approximate surface area is 213 Å².